The Morgan fingerprint density at radius 2 is 2.20 bits per heavy atom. The van der Waals surface area contributed by atoms with Crippen molar-refractivity contribution in [3.05, 3.63) is 30.1 Å². The summed E-state index contributed by atoms with van der Waals surface area (Å²) >= 11 is 0. The fourth-order valence-electron chi connectivity index (χ4n) is 1.50. The van der Waals surface area contributed by atoms with Crippen LogP contribution in [-0.4, -0.2) is 58.3 Å². The van der Waals surface area contributed by atoms with E-state index in [1.165, 1.54) is 4.90 Å². The first-order valence-electron chi connectivity index (χ1n) is 6.30. The molecule has 1 aromatic rings. The first-order chi connectivity index (χ1) is 9.50. The maximum atomic E-state index is 11.7. The minimum atomic E-state index is -1.45. The first-order valence-corrected chi connectivity index (χ1v) is 6.30. The lowest BCUT2D eigenvalue weighted by atomic mass is 10.2. The number of urea groups is 1. The Balaban J connectivity index is 2.24. The van der Waals surface area contributed by atoms with Crippen LogP contribution in [0.5, 0.6) is 0 Å². The highest BCUT2D eigenvalue weighted by atomic mass is 16.4. The fourth-order valence-corrected chi connectivity index (χ4v) is 1.50. The van der Waals surface area contributed by atoms with E-state index in [9.17, 15) is 9.59 Å². The average molecular weight is 281 g/mol. The number of nitrogens with zero attached hydrogens (tertiary/aromatic N) is 2. The molecule has 0 spiro atoms. The third-order valence-electron chi connectivity index (χ3n) is 2.76. The van der Waals surface area contributed by atoms with Gasteiger partial charge in [-0.1, -0.05) is 6.07 Å². The van der Waals surface area contributed by atoms with E-state index in [1.807, 2.05) is 18.2 Å². The van der Waals surface area contributed by atoms with Crippen molar-refractivity contribution in [1.29, 1.82) is 0 Å². The molecule has 0 radical (unpaired) electrons. The number of aliphatic hydroxyl groups is 1. The van der Waals surface area contributed by atoms with Crippen molar-refractivity contribution < 1.29 is 19.8 Å². The highest BCUT2D eigenvalue weighted by molar-refractivity contribution is 5.74. The van der Waals surface area contributed by atoms with E-state index < -0.39 is 12.1 Å². The summed E-state index contributed by atoms with van der Waals surface area (Å²) in [5.41, 5.74) is 0.897. The van der Waals surface area contributed by atoms with Gasteiger partial charge in [-0.2, -0.15) is 0 Å². The summed E-state index contributed by atoms with van der Waals surface area (Å²) in [5, 5.41) is 20.1. The van der Waals surface area contributed by atoms with Gasteiger partial charge in [0.05, 0.1) is 0 Å². The van der Waals surface area contributed by atoms with Crippen LogP contribution in [0.4, 0.5) is 4.79 Å². The van der Waals surface area contributed by atoms with Gasteiger partial charge in [0, 0.05) is 44.9 Å². The van der Waals surface area contributed by atoms with Gasteiger partial charge in [-0.25, -0.2) is 9.59 Å². The van der Waals surface area contributed by atoms with Crippen LogP contribution in [0.2, 0.25) is 0 Å². The van der Waals surface area contributed by atoms with E-state index in [-0.39, 0.29) is 19.0 Å². The molecule has 0 aliphatic carbocycles. The van der Waals surface area contributed by atoms with Gasteiger partial charge in [-0.05, 0) is 12.1 Å². The van der Waals surface area contributed by atoms with Gasteiger partial charge in [0.15, 0.2) is 6.10 Å². The minimum Gasteiger partial charge on any atom is -0.479 e. The maximum Gasteiger partial charge on any atom is 0.332 e. The smallest absolute Gasteiger partial charge is 0.332 e. The van der Waals surface area contributed by atoms with Crippen LogP contribution in [0.15, 0.2) is 24.4 Å². The predicted octanol–water partition coefficient (Wildman–Crippen LogP) is 0.101. The van der Waals surface area contributed by atoms with Gasteiger partial charge in [0.1, 0.15) is 0 Å². The Morgan fingerprint density at radius 3 is 2.80 bits per heavy atom. The molecule has 0 saturated heterocycles. The number of carboxylic acids is 1. The molecule has 0 saturated carbocycles. The Hall–Kier alpha value is -2.15. The molecular formula is C13H19N3O4. The summed E-state index contributed by atoms with van der Waals surface area (Å²) in [6.07, 6.45) is 0.870. The lowest BCUT2D eigenvalue weighted by Crippen LogP contribution is -2.40. The second-order valence-electron chi connectivity index (χ2n) is 4.37. The molecular weight excluding hydrogens is 262 g/mol. The van der Waals surface area contributed by atoms with Crippen molar-refractivity contribution in [2.24, 2.45) is 0 Å². The number of aliphatic hydroxyl groups excluding tert-OH is 1. The highest BCUT2D eigenvalue weighted by Crippen LogP contribution is 1.97. The summed E-state index contributed by atoms with van der Waals surface area (Å²) in [4.78, 5) is 27.7. The van der Waals surface area contributed by atoms with E-state index in [0.717, 1.165) is 5.69 Å². The van der Waals surface area contributed by atoms with Gasteiger partial charge >= 0.3 is 12.0 Å². The monoisotopic (exact) mass is 281 g/mol. The first kappa shape index (κ1) is 15.9. The predicted molar refractivity (Wildman–Crippen MR) is 72.2 cm³/mol. The molecule has 0 aliphatic heterocycles. The van der Waals surface area contributed by atoms with Gasteiger partial charge in [-0.15, -0.1) is 0 Å². The molecule has 0 unspecified atom stereocenters. The normalized spacial score (nSPS) is 11.7. The van der Waals surface area contributed by atoms with Crippen molar-refractivity contribution in [2.45, 2.75) is 18.9 Å². The Kier molecular flexibility index (Phi) is 6.45. The van der Waals surface area contributed by atoms with Crippen LogP contribution in [0, 0.1) is 0 Å². The number of hydrogen-bond acceptors (Lipinski definition) is 4. The molecule has 110 valence electrons. The van der Waals surface area contributed by atoms with E-state index >= 15 is 0 Å². The van der Waals surface area contributed by atoms with Crippen molar-refractivity contribution in [3.63, 3.8) is 0 Å². The quantitative estimate of drug-likeness (QED) is 0.658. The molecule has 1 aromatic heterocycles. The van der Waals surface area contributed by atoms with Crippen LogP contribution in [0.3, 0.4) is 0 Å². The number of amides is 2. The number of aliphatic carboxylic acids is 1. The molecule has 7 heteroatoms. The zero-order chi connectivity index (χ0) is 15.0. The van der Waals surface area contributed by atoms with E-state index in [2.05, 4.69) is 10.3 Å². The molecule has 0 aromatic carbocycles. The third kappa shape index (κ3) is 5.66. The molecule has 7 nitrogen and oxygen atoms in total. The van der Waals surface area contributed by atoms with Crippen molar-refractivity contribution in [1.82, 2.24) is 15.2 Å². The summed E-state index contributed by atoms with van der Waals surface area (Å²) < 4.78 is 0. The van der Waals surface area contributed by atoms with Gasteiger partial charge in [0.2, 0.25) is 0 Å². The zero-order valence-electron chi connectivity index (χ0n) is 11.3. The van der Waals surface area contributed by atoms with E-state index in [1.54, 1.807) is 13.2 Å². The summed E-state index contributed by atoms with van der Waals surface area (Å²) in [6, 6.07) is 5.29. The Morgan fingerprint density at radius 1 is 1.45 bits per heavy atom. The molecule has 3 N–H and O–H groups in total. The Labute approximate surface area is 117 Å². The van der Waals surface area contributed by atoms with Gasteiger partial charge in [0.25, 0.3) is 0 Å². The average Bonchev–Trinajstić information content (AvgIpc) is 2.45. The molecule has 20 heavy (non-hydrogen) atoms. The topological polar surface area (TPSA) is 103 Å². The van der Waals surface area contributed by atoms with Crippen LogP contribution < -0.4 is 5.32 Å². The van der Waals surface area contributed by atoms with Gasteiger partial charge in [-0.3, -0.25) is 4.98 Å². The summed E-state index contributed by atoms with van der Waals surface area (Å²) in [6.45, 7) is 0.616. The van der Waals surface area contributed by atoms with Crippen LogP contribution in [0.1, 0.15) is 12.1 Å². The van der Waals surface area contributed by atoms with Crippen LogP contribution in [0.25, 0.3) is 0 Å². The number of likely N-dealkylation sites (N-methyl/N-ethyl adjacent to an activating group) is 1. The second-order valence-corrected chi connectivity index (χ2v) is 4.37. The number of aromatic nitrogens is 1. The number of pyridine rings is 1. The van der Waals surface area contributed by atoms with Crippen molar-refractivity contribution in [3.8, 4) is 0 Å². The maximum absolute atomic E-state index is 11.7. The third-order valence-corrected chi connectivity index (χ3v) is 2.76. The molecule has 0 aliphatic rings. The number of hydrogen-bond donors (Lipinski definition) is 3. The molecule has 1 heterocycles. The summed E-state index contributed by atoms with van der Waals surface area (Å²) in [5.74, 6) is -1.29. The number of rotatable bonds is 7. The van der Waals surface area contributed by atoms with Gasteiger partial charge < -0.3 is 20.4 Å². The number of carbonyl (C=O) groups is 2. The molecule has 0 fully saturated rings. The molecule has 0 bridgehead atoms. The molecule has 1 rings (SSSR count). The van der Waals surface area contributed by atoms with Crippen LogP contribution in [-0.2, 0) is 11.2 Å². The second kappa shape index (κ2) is 8.11. The van der Waals surface area contributed by atoms with Crippen molar-refractivity contribution >= 4 is 12.0 Å². The minimum absolute atomic E-state index is 0.0187. The van der Waals surface area contributed by atoms with E-state index in [0.29, 0.717) is 13.0 Å². The van der Waals surface area contributed by atoms with Crippen molar-refractivity contribution in [2.75, 3.05) is 20.1 Å². The Bertz CT molecular complexity index is 439. The zero-order valence-corrected chi connectivity index (χ0v) is 11.3. The van der Waals surface area contributed by atoms with Crippen LogP contribution >= 0.6 is 0 Å². The highest BCUT2D eigenvalue weighted by Gasteiger charge is 2.14. The number of nitrogens with one attached hydrogen (secondary N) is 1. The largest absolute Gasteiger partial charge is 0.479 e. The molecule has 1 atom stereocenters. The number of carboxylic acid groups (broad SMARTS) is 1. The number of carbonyl (C=O) groups excluding carboxylic acids is 1. The molecule has 2 amide bonds. The lowest BCUT2D eigenvalue weighted by Gasteiger charge is -2.18. The lowest BCUT2D eigenvalue weighted by molar-refractivity contribution is -0.146. The fraction of sp³-hybridized carbons (Fsp3) is 0.462. The van der Waals surface area contributed by atoms with E-state index in [4.69, 9.17) is 10.2 Å². The standard InChI is InChI=1S/C13H19N3O4/c1-16(9-6-10-4-2-3-7-14-10)13(20)15-8-5-11(17)12(18)19/h2-4,7,11,17H,5-6,8-9H2,1H3,(H,15,20)(H,18,19)/t11-/m0/s1. The summed E-state index contributed by atoms with van der Waals surface area (Å²) in [7, 11) is 1.64. The SMILES string of the molecule is CN(CCc1ccccn1)C(=O)NCC[C@H](O)C(=O)O.